The maximum absolute atomic E-state index is 13.6. The van der Waals surface area contributed by atoms with Gasteiger partial charge in [-0.05, 0) is 43.0 Å². The van der Waals surface area contributed by atoms with Gasteiger partial charge in [-0.15, -0.1) is 0 Å². The van der Waals surface area contributed by atoms with Crippen LogP contribution in [-0.2, 0) is 10.0 Å². The maximum Gasteiger partial charge on any atom is 0.238 e. The SMILES string of the molecule is CSCCCCCNc1ccc(S(N)(=O)=O)cc1F. The van der Waals surface area contributed by atoms with Crippen LogP contribution >= 0.6 is 11.8 Å². The molecule has 0 aliphatic carbocycles. The van der Waals surface area contributed by atoms with E-state index in [2.05, 4.69) is 11.6 Å². The Balaban J connectivity index is 2.47. The van der Waals surface area contributed by atoms with E-state index in [1.165, 1.54) is 12.1 Å². The smallest absolute Gasteiger partial charge is 0.238 e. The van der Waals surface area contributed by atoms with Crippen molar-refractivity contribution >= 4 is 27.5 Å². The lowest BCUT2D eigenvalue weighted by Gasteiger charge is -2.08. The van der Waals surface area contributed by atoms with Gasteiger partial charge in [0, 0.05) is 6.54 Å². The van der Waals surface area contributed by atoms with Crippen molar-refractivity contribution in [1.29, 1.82) is 0 Å². The molecule has 0 saturated heterocycles. The summed E-state index contributed by atoms with van der Waals surface area (Å²) < 4.78 is 35.7. The van der Waals surface area contributed by atoms with Crippen molar-refractivity contribution in [1.82, 2.24) is 0 Å². The van der Waals surface area contributed by atoms with Crippen LogP contribution in [0.15, 0.2) is 23.1 Å². The van der Waals surface area contributed by atoms with E-state index in [-0.39, 0.29) is 4.90 Å². The highest BCUT2D eigenvalue weighted by molar-refractivity contribution is 7.98. The molecule has 1 rings (SSSR count). The number of rotatable bonds is 8. The summed E-state index contributed by atoms with van der Waals surface area (Å²) in [5.41, 5.74) is 0.303. The van der Waals surface area contributed by atoms with Crippen LogP contribution < -0.4 is 10.5 Å². The minimum Gasteiger partial charge on any atom is -0.383 e. The summed E-state index contributed by atoms with van der Waals surface area (Å²) in [6, 6.07) is 3.64. The fourth-order valence-electron chi connectivity index (χ4n) is 1.59. The largest absolute Gasteiger partial charge is 0.383 e. The lowest BCUT2D eigenvalue weighted by atomic mass is 10.2. The van der Waals surface area contributed by atoms with Gasteiger partial charge in [0.1, 0.15) is 5.82 Å². The molecule has 0 aliphatic rings. The summed E-state index contributed by atoms with van der Waals surface area (Å²) in [7, 11) is -3.85. The minimum atomic E-state index is -3.85. The number of benzene rings is 1. The molecule has 7 heteroatoms. The Bertz CT molecular complexity index is 506. The number of hydrogen-bond donors (Lipinski definition) is 2. The molecule has 3 N–H and O–H groups in total. The second-order valence-electron chi connectivity index (χ2n) is 4.17. The first kappa shape index (κ1) is 16.3. The van der Waals surface area contributed by atoms with E-state index in [4.69, 9.17) is 5.14 Å². The lowest BCUT2D eigenvalue weighted by molar-refractivity contribution is 0.592. The molecule has 0 heterocycles. The van der Waals surface area contributed by atoms with Gasteiger partial charge in [-0.3, -0.25) is 0 Å². The number of sulfonamides is 1. The molecule has 108 valence electrons. The second kappa shape index (κ2) is 7.72. The van der Waals surface area contributed by atoms with Crippen molar-refractivity contribution in [3.8, 4) is 0 Å². The van der Waals surface area contributed by atoms with Crippen molar-refractivity contribution in [2.75, 3.05) is 23.9 Å². The number of halogens is 1. The van der Waals surface area contributed by atoms with Gasteiger partial charge in [0.25, 0.3) is 0 Å². The van der Waals surface area contributed by atoms with Crippen LogP contribution in [0.1, 0.15) is 19.3 Å². The van der Waals surface area contributed by atoms with Crippen LogP contribution in [-0.4, -0.2) is 27.0 Å². The third-order valence-corrected chi connectivity index (χ3v) is 4.22. The Morgan fingerprint density at radius 1 is 1.32 bits per heavy atom. The fraction of sp³-hybridized carbons (Fsp3) is 0.500. The average Bonchev–Trinajstić information content (AvgIpc) is 2.34. The van der Waals surface area contributed by atoms with Gasteiger partial charge in [0.2, 0.25) is 10.0 Å². The van der Waals surface area contributed by atoms with Crippen LogP contribution in [0.25, 0.3) is 0 Å². The first-order chi connectivity index (χ1) is 8.95. The van der Waals surface area contributed by atoms with E-state index in [1.54, 1.807) is 0 Å². The number of unbranched alkanes of at least 4 members (excludes halogenated alkanes) is 2. The molecule has 4 nitrogen and oxygen atoms in total. The van der Waals surface area contributed by atoms with Gasteiger partial charge < -0.3 is 5.32 Å². The molecule has 0 fully saturated rings. The van der Waals surface area contributed by atoms with Crippen molar-refractivity contribution in [3.05, 3.63) is 24.0 Å². The Labute approximate surface area is 118 Å². The number of hydrogen-bond acceptors (Lipinski definition) is 4. The second-order valence-corrected chi connectivity index (χ2v) is 6.71. The first-order valence-electron chi connectivity index (χ1n) is 6.00. The topological polar surface area (TPSA) is 72.2 Å². The summed E-state index contributed by atoms with van der Waals surface area (Å²) >= 11 is 1.81. The van der Waals surface area contributed by atoms with Crippen LogP contribution in [0.4, 0.5) is 10.1 Å². The predicted molar refractivity (Wildman–Crippen MR) is 78.5 cm³/mol. The molecule has 0 aromatic heterocycles. The van der Waals surface area contributed by atoms with E-state index >= 15 is 0 Å². The number of primary sulfonamides is 1. The van der Waals surface area contributed by atoms with Gasteiger partial charge >= 0.3 is 0 Å². The highest BCUT2D eigenvalue weighted by atomic mass is 32.2. The zero-order chi connectivity index (χ0) is 14.3. The minimum absolute atomic E-state index is 0.212. The molecule has 0 saturated carbocycles. The number of thioether (sulfide) groups is 1. The van der Waals surface area contributed by atoms with E-state index in [9.17, 15) is 12.8 Å². The molecule has 0 radical (unpaired) electrons. The monoisotopic (exact) mass is 306 g/mol. The summed E-state index contributed by atoms with van der Waals surface area (Å²) in [6.07, 6.45) is 5.26. The lowest BCUT2D eigenvalue weighted by Crippen LogP contribution is -2.13. The molecule has 1 aromatic carbocycles. The van der Waals surface area contributed by atoms with Crippen LogP contribution in [0.5, 0.6) is 0 Å². The first-order valence-corrected chi connectivity index (χ1v) is 8.94. The predicted octanol–water partition coefficient (Wildman–Crippen LogP) is 2.42. The van der Waals surface area contributed by atoms with Gasteiger partial charge in [-0.2, -0.15) is 11.8 Å². The molecule has 0 bridgehead atoms. The Kier molecular flexibility index (Phi) is 6.60. The quantitative estimate of drug-likeness (QED) is 0.724. The Morgan fingerprint density at radius 3 is 2.63 bits per heavy atom. The van der Waals surface area contributed by atoms with Crippen molar-refractivity contribution in [2.45, 2.75) is 24.2 Å². The standard InChI is InChI=1S/C12H19FN2O2S2/c1-18-8-4-2-3-7-15-12-6-5-10(9-11(12)13)19(14,16)17/h5-6,9,15H,2-4,7-8H2,1H3,(H2,14,16,17). The molecular formula is C12H19FN2O2S2. The zero-order valence-electron chi connectivity index (χ0n) is 10.9. The van der Waals surface area contributed by atoms with Crippen molar-refractivity contribution in [2.24, 2.45) is 5.14 Å². The number of nitrogens with two attached hydrogens (primary N) is 1. The van der Waals surface area contributed by atoms with Crippen LogP contribution in [0.3, 0.4) is 0 Å². The van der Waals surface area contributed by atoms with Crippen LogP contribution in [0, 0.1) is 5.82 Å². The number of nitrogens with one attached hydrogen (secondary N) is 1. The molecule has 19 heavy (non-hydrogen) atoms. The van der Waals surface area contributed by atoms with E-state index in [0.29, 0.717) is 12.2 Å². The Hall–Kier alpha value is -0.790. The normalized spacial score (nSPS) is 11.5. The third kappa shape index (κ3) is 5.80. The van der Waals surface area contributed by atoms with Crippen molar-refractivity contribution in [3.63, 3.8) is 0 Å². The summed E-state index contributed by atoms with van der Waals surface area (Å²) in [4.78, 5) is -0.212. The van der Waals surface area contributed by atoms with Gasteiger partial charge in [0.05, 0.1) is 10.6 Å². The van der Waals surface area contributed by atoms with E-state index in [1.807, 2.05) is 11.8 Å². The molecular weight excluding hydrogens is 287 g/mol. The van der Waals surface area contributed by atoms with Crippen LogP contribution in [0.2, 0.25) is 0 Å². The van der Waals surface area contributed by atoms with E-state index in [0.717, 1.165) is 31.1 Å². The number of anilines is 1. The maximum atomic E-state index is 13.6. The summed E-state index contributed by atoms with van der Waals surface area (Å²) in [5, 5.41) is 7.88. The molecule has 0 aliphatic heterocycles. The summed E-state index contributed by atoms with van der Waals surface area (Å²) in [6.45, 7) is 0.667. The fourth-order valence-corrected chi connectivity index (χ4v) is 2.61. The van der Waals surface area contributed by atoms with Gasteiger partial charge in [0.15, 0.2) is 0 Å². The molecule has 0 spiro atoms. The van der Waals surface area contributed by atoms with Gasteiger partial charge in [-0.1, -0.05) is 6.42 Å². The van der Waals surface area contributed by atoms with E-state index < -0.39 is 15.8 Å². The third-order valence-electron chi connectivity index (χ3n) is 2.61. The molecule has 0 amide bonds. The Morgan fingerprint density at radius 2 is 2.05 bits per heavy atom. The molecule has 0 unspecified atom stereocenters. The average molecular weight is 306 g/mol. The summed E-state index contributed by atoms with van der Waals surface area (Å²) in [5.74, 6) is 0.535. The highest BCUT2D eigenvalue weighted by Crippen LogP contribution is 2.18. The molecule has 0 atom stereocenters. The molecule has 1 aromatic rings. The highest BCUT2D eigenvalue weighted by Gasteiger charge is 2.11. The van der Waals surface area contributed by atoms with Crippen molar-refractivity contribution < 1.29 is 12.8 Å². The zero-order valence-corrected chi connectivity index (χ0v) is 12.5. The van der Waals surface area contributed by atoms with Gasteiger partial charge in [-0.25, -0.2) is 17.9 Å².